The van der Waals surface area contributed by atoms with Crippen LogP contribution in [-0.2, 0) is 16.0 Å². The van der Waals surface area contributed by atoms with Gasteiger partial charge in [0.15, 0.2) is 0 Å². The summed E-state index contributed by atoms with van der Waals surface area (Å²) in [6, 6.07) is 1.67. The number of unbranched alkanes of at least 4 members (excludes halogenated alkanes) is 2. The maximum Gasteiger partial charge on any atom is 0.412 e. The van der Waals surface area contributed by atoms with Gasteiger partial charge in [-0.05, 0) is 32.3 Å². The monoisotopic (exact) mass is 496 g/mol. The highest BCUT2D eigenvalue weighted by atomic mass is 19.4. The van der Waals surface area contributed by atoms with Crippen molar-refractivity contribution in [1.82, 2.24) is 10.2 Å². The quantitative estimate of drug-likeness (QED) is 0.369. The van der Waals surface area contributed by atoms with Gasteiger partial charge in [-0.1, -0.05) is 12.2 Å². The minimum Gasteiger partial charge on any atom is -0.494 e. The second-order valence-electron chi connectivity index (χ2n) is 8.89. The van der Waals surface area contributed by atoms with Crippen molar-refractivity contribution in [3.8, 4) is 5.75 Å². The lowest BCUT2D eigenvalue weighted by Gasteiger charge is -2.25. The molecule has 3 heterocycles. The minimum absolute atomic E-state index is 0.0441. The average molecular weight is 497 g/mol. The van der Waals surface area contributed by atoms with Crippen molar-refractivity contribution in [2.24, 2.45) is 0 Å². The van der Waals surface area contributed by atoms with E-state index in [1.54, 1.807) is 0 Å². The standard InChI is InChI=1S/C25H31F3N2O5/c1-17(25(26,27)28)5-6-19-22(14-20-24(19)29-20)33-9-3-2-4-10-34-23-16-35-18(13-21(23)31)15-30-7-11-32-12-8-30/h5-6,13-14,16,20,24,29H,2-4,7-12,15H2,1H3/b17-5+,19-6-. The van der Waals surface area contributed by atoms with Gasteiger partial charge >= 0.3 is 6.18 Å². The highest BCUT2D eigenvalue weighted by Crippen LogP contribution is 2.36. The predicted octanol–water partition coefficient (Wildman–Crippen LogP) is 3.71. The van der Waals surface area contributed by atoms with Gasteiger partial charge in [-0.15, -0.1) is 0 Å². The molecule has 1 N–H and O–H groups in total. The number of nitrogens with one attached hydrogen (secondary N) is 1. The van der Waals surface area contributed by atoms with Gasteiger partial charge in [-0.25, -0.2) is 0 Å². The average Bonchev–Trinajstić information content (AvgIpc) is 3.50. The van der Waals surface area contributed by atoms with E-state index in [4.69, 9.17) is 18.6 Å². The summed E-state index contributed by atoms with van der Waals surface area (Å²) in [7, 11) is 0. The van der Waals surface area contributed by atoms with Crippen LogP contribution in [0.4, 0.5) is 13.2 Å². The summed E-state index contributed by atoms with van der Waals surface area (Å²) in [6.45, 7) is 5.47. The van der Waals surface area contributed by atoms with E-state index < -0.39 is 11.7 Å². The molecule has 35 heavy (non-hydrogen) atoms. The molecule has 0 radical (unpaired) electrons. The molecule has 1 aromatic heterocycles. The summed E-state index contributed by atoms with van der Waals surface area (Å²) in [5.74, 6) is 1.45. The summed E-state index contributed by atoms with van der Waals surface area (Å²) in [5.41, 5.74) is -0.0859. The third-order valence-electron chi connectivity index (χ3n) is 6.17. The van der Waals surface area contributed by atoms with Crippen LogP contribution in [0.15, 0.2) is 56.7 Å². The normalized spacial score (nSPS) is 23.8. The van der Waals surface area contributed by atoms with Gasteiger partial charge in [0.2, 0.25) is 11.2 Å². The Morgan fingerprint density at radius 3 is 2.66 bits per heavy atom. The molecule has 2 fully saturated rings. The Morgan fingerprint density at radius 2 is 1.94 bits per heavy atom. The number of nitrogens with zero attached hydrogens (tertiary/aromatic N) is 1. The Labute approximate surface area is 202 Å². The van der Waals surface area contributed by atoms with Crippen LogP contribution < -0.4 is 15.5 Å². The zero-order valence-electron chi connectivity index (χ0n) is 19.7. The second-order valence-corrected chi connectivity index (χ2v) is 8.89. The van der Waals surface area contributed by atoms with Crippen LogP contribution in [0.25, 0.3) is 0 Å². The molecule has 2 saturated heterocycles. The Bertz CT molecular complexity index is 1020. The van der Waals surface area contributed by atoms with Gasteiger partial charge in [0.25, 0.3) is 0 Å². The summed E-state index contributed by atoms with van der Waals surface area (Å²) >= 11 is 0. The summed E-state index contributed by atoms with van der Waals surface area (Å²) in [6.07, 6.45) is 3.87. The highest BCUT2D eigenvalue weighted by molar-refractivity contribution is 5.49. The summed E-state index contributed by atoms with van der Waals surface area (Å²) in [5, 5.41) is 3.18. The van der Waals surface area contributed by atoms with Crippen LogP contribution in [0.1, 0.15) is 31.9 Å². The third-order valence-corrected chi connectivity index (χ3v) is 6.17. The molecule has 1 aliphatic carbocycles. The predicted molar refractivity (Wildman–Crippen MR) is 123 cm³/mol. The summed E-state index contributed by atoms with van der Waals surface area (Å²) in [4.78, 5) is 14.4. The molecule has 3 aliphatic rings. The first kappa shape index (κ1) is 25.5. The Morgan fingerprint density at radius 1 is 1.20 bits per heavy atom. The number of allylic oxidation sites excluding steroid dienone is 3. The largest absolute Gasteiger partial charge is 0.494 e. The topological polar surface area (TPSA) is 83.1 Å². The van der Waals surface area contributed by atoms with Crippen molar-refractivity contribution in [3.05, 3.63) is 63.4 Å². The van der Waals surface area contributed by atoms with Gasteiger partial charge in [0, 0.05) is 36.3 Å². The van der Waals surface area contributed by atoms with Crippen LogP contribution >= 0.6 is 0 Å². The maximum absolute atomic E-state index is 12.7. The maximum atomic E-state index is 12.7. The number of rotatable bonds is 11. The first-order valence-corrected chi connectivity index (χ1v) is 11.9. The fourth-order valence-corrected chi connectivity index (χ4v) is 3.97. The number of alkyl halides is 3. The molecule has 192 valence electrons. The molecule has 10 heteroatoms. The lowest BCUT2D eigenvalue weighted by atomic mass is 10.1. The van der Waals surface area contributed by atoms with E-state index in [9.17, 15) is 18.0 Å². The number of ether oxygens (including phenoxy) is 3. The van der Waals surface area contributed by atoms with E-state index in [0.29, 0.717) is 44.5 Å². The zero-order chi connectivity index (χ0) is 24.8. The number of morpholine rings is 1. The molecule has 2 aliphatic heterocycles. The first-order chi connectivity index (χ1) is 16.8. The molecule has 2 unspecified atom stereocenters. The van der Waals surface area contributed by atoms with Crippen molar-refractivity contribution in [2.45, 2.75) is 51.0 Å². The smallest absolute Gasteiger partial charge is 0.412 e. The van der Waals surface area contributed by atoms with Gasteiger partial charge < -0.3 is 18.6 Å². The van der Waals surface area contributed by atoms with Crippen molar-refractivity contribution in [3.63, 3.8) is 0 Å². The van der Waals surface area contributed by atoms with Crippen LogP contribution in [-0.4, -0.2) is 62.7 Å². The van der Waals surface area contributed by atoms with E-state index in [1.807, 2.05) is 6.08 Å². The van der Waals surface area contributed by atoms with Gasteiger partial charge in [-0.3, -0.25) is 15.0 Å². The number of hydrogen-bond donors (Lipinski definition) is 1. The van der Waals surface area contributed by atoms with Crippen molar-refractivity contribution in [1.29, 1.82) is 0 Å². The minimum atomic E-state index is -4.33. The lowest BCUT2D eigenvalue weighted by molar-refractivity contribution is -0.0913. The third kappa shape index (κ3) is 7.22. The molecule has 2 atom stereocenters. The van der Waals surface area contributed by atoms with Crippen molar-refractivity contribution in [2.75, 3.05) is 39.5 Å². The van der Waals surface area contributed by atoms with E-state index in [-0.39, 0.29) is 23.3 Å². The number of hydrogen-bond acceptors (Lipinski definition) is 7. The van der Waals surface area contributed by atoms with Crippen LogP contribution in [0.5, 0.6) is 5.75 Å². The summed E-state index contributed by atoms with van der Waals surface area (Å²) < 4.78 is 60.4. The van der Waals surface area contributed by atoms with Crippen molar-refractivity contribution < 1.29 is 31.8 Å². The molecule has 7 nitrogen and oxygen atoms in total. The second kappa shape index (κ2) is 11.5. The molecule has 4 rings (SSSR count). The van der Waals surface area contributed by atoms with Crippen LogP contribution in [0.2, 0.25) is 0 Å². The van der Waals surface area contributed by atoms with E-state index in [0.717, 1.165) is 50.9 Å². The molecule has 0 bridgehead atoms. The van der Waals surface area contributed by atoms with E-state index in [2.05, 4.69) is 10.2 Å². The van der Waals surface area contributed by atoms with E-state index in [1.165, 1.54) is 18.4 Å². The zero-order valence-corrected chi connectivity index (χ0v) is 19.7. The van der Waals surface area contributed by atoms with Gasteiger partial charge in [0.05, 0.1) is 39.0 Å². The fraction of sp³-hybridized carbons (Fsp3) is 0.560. The molecule has 0 aromatic carbocycles. The Balaban J connectivity index is 1.14. The molecular weight excluding hydrogens is 465 g/mol. The van der Waals surface area contributed by atoms with E-state index >= 15 is 0 Å². The molecular formula is C25H31F3N2O5. The van der Waals surface area contributed by atoms with Crippen LogP contribution in [0, 0.1) is 0 Å². The van der Waals surface area contributed by atoms with Crippen molar-refractivity contribution >= 4 is 0 Å². The Kier molecular flexibility index (Phi) is 8.35. The Hall–Kier alpha value is -2.56. The number of fused-ring (bicyclic) bond motifs is 1. The first-order valence-electron chi connectivity index (χ1n) is 11.9. The number of halogens is 3. The molecule has 0 amide bonds. The molecule has 0 saturated carbocycles. The molecule has 1 aromatic rings. The van der Waals surface area contributed by atoms with Gasteiger partial charge in [-0.2, -0.15) is 13.2 Å². The van der Waals surface area contributed by atoms with Gasteiger partial charge in [0.1, 0.15) is 17.8 Å². The fourth-order valence-electron chi connectivity index (χ4n) is 3.97. The SMILES string of the molecule is C/C(=C\C=C1\C(OCCCCCOc2coc(CN3CCOCC3)cc2=O)=CC2NC12)C(F)(F)F. The molecule has 0 spiro atoms. The lowest BCUT2D eigenvalue weighted by Crippen LogP contribution is -2.35. The highest BCUT2D eigenvalue weighted by Gasteiger charge is 2.45. The van der Waals surface area contributed by atoms with Crippen LogP contribution in [0.3, 0.4) is 0 Å².